The Morgan fingerprint density at radius 3 is 1.88 bits per heavy atom. The van der Waals surface area contributed by atoms with Crippen molar-refractivity contribution < 1.29 is 9.47 Å². The third-order valence-electron chi connectivity index (χ3n) is 4.53. The number of methoxy groups -OCH3 is 1. The molecule has 0 amide bonds. The summed E-state index contributed by atoms with van der Waals surface area (Å²) in [5, 5.41) is 0. The maximum absolute atomic E-state index is 6.48. The Kier molecular flexibility index (Phi) is 6.48. The lowest BCUT2D eigenvalue weighted by Gasteiger charge is -2.36. The van der Waals surface area contributed by atoms with Crippen molar-refractivity contribution in [1.82, 2.24) is 0 Å². The summed E-state index contributed by atoms with van der Waals surface area (Å²) in [5.41, 5.74) is 8.65. The molecule has 2 N–H and O–H groups in total. The topological polar surface area (TPSA) is 44.5 Å². The van der Waals surface area contributed by atoms with Gasteiger partial charge in [0.1, 0.15) is 5.75 Å². The molecule has 0 saturated heterocycles. The average Bonchev–Trinajstić information content (AvgIpc) is 2.57. The molecular weight excluding hydrogens is 322 g/mol. The largest absolute Gasteiger partial charge is 0.461 e. The van der Waals surface area contributed by atoms with Gasteiger partial charge in [-0.2, -0.15) is 0 Å². The Balaban J connectivity index is 2.18. The van der Waals surface area contributed by atoms with Crippen LogP contribution in [0.2, 0.25) is 0 Å². The molecule has 0 bridgehead atoms. The zero-order valence-corrected chi connectivity index (χ0v) is 17.0. The van der Waals surface area contributed by atoms with E-state index in [9.17, 15) is 0 Å². The van der Waals surface area contributed by atoms with Crippen LogP contribution in [0.1, 0.15) is 64.4 Å². The molecule has 2 unspecified atom stereocenters. The molecule has 0 aliphatic rings. The second-order valence-electron chi connectivity index (χ2n) is 8.80. The van der Waals surface area contributed by atoms with Gasteiger partial charge in [0, 0.05) is 24.1 Å². The lowest BCUT2D eigenvalue weighted by Crippen LogP contribution is -2.41. The van der Waals surface area contributed by atoms with Crippen molar-refractivity contribution in [3.8, 4) is 5.75 Å². The van der Waals surface area contributed by atoms with Gasteiger partial charge in [-0.25, -0.2) is 0 Å². The van der Waals surface area contributed by atoms with Crippen LogP contribution in [-0.4, -0.2) is 12.6 Å². The van der Waals surface area contributed by atoms with Gasteiger partial charge < -0.3 is 15.2 Å². The SMILES string of the molecule is COC(Oc1ccc(C(CC(C)(C)C)C(C)(C)N)cc1)c1ccccc1. The quantitative estimate of drug-likeness (QED) is 0.651. The van der Waals surface area contributed by atoms with Crippen LogP contribution < -0.4 is 10.5 Å². The summed E-state index contributed by atoms with van der Waals surface area (Å²) in [6, 6.07) is 18.2. The molecule has 0 radical (unpaired) electrons. The smallest absolute Gasteiger partial charge is 0.226 e. The lowest BCUT2D eigenvalue weighted by molar-refractivity contribution is -0.0562. The van der Waals surface area contributed by atoms with Gasteiger partial charge in [-0.05, 0) is 43.4 Å². The van der Waals surface area contributed by atoms with Crippen molar-refractivity contribution in [2.75, 3.05) is 7.11 Å². The van der Waals surface area contributed by atoms with Crippen molar-refractivity contribution in [3.63, 3.8) is 0 Å². The van der Waals surface area contributed by atoms with E-state index in [2.05, 4.69) is 46.8 Å². The molecule has 2 aromatic rings. The summed E-state index contributed by atoms with van der Waals surface area (Å²) < 4.78 is 11.5. The predicted molar refractivity (Wildman–Crippen MR) is 108 cm³/mol. The highest BCUT2D eigenvalue weighted by Gasteiger charge is 2.30. The maximum Gasteiger partial charge on any atom is 0.226 e. The fourth-order valence-corrected chi connectivity index (χ4v) is 3.19. The van der Waals surface area contributed by atoms with E-state index >= 15 is 0 Å². The predicted octanol–water partition coefficient (Wildman–Crippen LogP) is 5.67. The number of nitrogens with two attached hydrogens (primary N) is 1. The molecule has 0 spiro atoms. The summed E-state index contributed by atoms with van der Waals surface area (Å²) in [7, 11) is 1.66. The van der Waals surface area contributed by atoms with Gasteiger partial charge in [0.05, 0.1) is 0 Å². The van der Waals surface area contributed by atoms with Crippen LogP contribution in [0.15, 0.2) is 54.6 Å². The van der Waals surface area contributed by atoms with E-state index in [0.29, 0.717) is 0 Å². The molecule has 142 valence electrons. The summed E-state index contributed by atoms with van der Waals surface area (Å²) in [6.45, 7) is 11.0. The summed E-state index contributed by atoms with van der Waals surface area (Å²) >= 11 is 0. The molecule has 0 aromatic heterocycles. The molecule has 26 heavy (non-hydrogen) atoms. The van der Waals surface area contributed by atoms with Crippen molar-refractivity contribution in [1.29, 1.82) is 0 Å². The molecule has 3 heteroatoms. The molecule has 0 aliphatic heterocycles. The van der Waals surface area contributed by atoms with Gasteiger partial charge in [-0.1, -0.05) is 63.2 Å². The second kappa shape index (κ2) is 8.24. The molecule has 0 aliphatic carbocycles. The molecule has 0 fully saturated rings. The molecule has 2 aromatic carbocycles. The van der Waals surface area contributed by atoms with Crippen molar-refractivity contribution in [3.05, 3.63) is 65.7 Å². The Bertz CT molecular complexity index is 666. The first-order valence-corrected chi connectivity index (χ1v) is 9.23. The van der Waals surface area contributed by atoms with Gasteiger partial charge in [0.2, 0.25) is 6.29 Å². The number of benzene rings is 2. The first-order valence-electron chi connectivity index (χ1n) is 9.23. The van der Waals surface area contributed by atoms with Gasteiger partial charge in [0.15, 0.2) is 0 Å². The van der Waals surface area contributed by atoms with Gasteiger partial charge in [-0.3, -0.25) is 0 Å². The highest BCUT2D eigenvalue weighted by Crippen LogP contribution is 2.38. The van der Waals surface area contributed by atoms with E-state index in [-0.39, 0.29) is 16.9 Å². The van der Waals surface area contributed by atoms with E-state index < -0.39 is 6.29 Å². The first-order chi connectivity index (χ1) is 12.1. The first kappa shape index (κ1) is 20.5. The van der Waals surface area contributed by atoms with Crippen LogP contribution in [0.3, 0.4) is 0 Å². The molecule has 2 atom stereocenters. The molecule has 3 nitrogen and oxygen atoms in total. The van der Waals surface area contributed by atoms with Crippen molar-refractivity contribution in [2.45, 2.75) is 58.8 Å². The van der Waals surface area contributed by atoms with E-state index in [1.54, 1.807) is 7.11 Å². The third kappa shape index (κ3) is 5.86. The molecular formula is C23H33NO2. The van der Waals surface area contributed by atoms with E-state index in [0.717, 1.165) is 17.7 Å². The number of ether oxygens (including phenoxy) is 2. The molecule has 2 rings (SSSR count). The summed E-state index contributed by atoms with van der Waals surface area (Å²) in [6.07, 6.45) is 0.611. The van der Waals surface area contributed by atoms with Crippen LogP contribution in [0.4, 0.5) is 0 Å². The Hall–Kier alpha value is -1.84. The minimum atomic E-state index is -0.418. The monoisotopic (exact) mass is 355 g/mol. The maximum atomic E-state index is 6.48. The minimum Gasteiger partial charge on any atom is -0.461 e. The Morgan fingerprint density at radius 1 is 0.846 bits per heavy atom. The Morgan fingerprint density at radius 2 is 1.42 bits per heavy atom. The summed E-state index contributed by atoms with van der Waals surface area (Å²) in [5.74, 6) is 1.07. The number of hydrogen-bond donors (Lipinski definition) is 1. The number of hydrogen-bond acceptors (Lipinski definition) is 3. The van der Waals surface area contributed by atoms with Crippen LogP contribution in [0.5, 0.6) is 5.75 Å². The standard InChI is InChI=1S/C23H33NO2/c1-22(2,3)16-20(23(4,5)24)17-12-14-19(15-13-17)26-21(25-6)18-10-8-7-9-11-18/h7-15,20-21H,16,24H2,1-6H3. The molecule has 0 heterocycles. The number of rotatable bonds is 7. The zero-order valence-electron chi connectivity index (χ0n) is 17.0. The van der Waals surface area contributed by atoms with Crippen molar-refractivity contribution in [2.24, 2.45) is 11.1 Å². The third-order valence-corrected chi connectivity index (χ3v) is 4.53. The fourth-order valence-electron chi connectivity index (χ4n) is 3.19. The average molecular weight is 356 g/mol. The van der Waals surface area contributed by atoms with Crippen molar-refractivity contribution >= 4 is 0 Å². The normalized spacial score (nSPS) is 14.7. The van der Waals surface area contributed by atoms with Crippen LogP contribution >= 0.6 is 0 Å². The highest BCUT2D eigenvalue weighted by atomic mass is 16.7. The van der Waals surface area contributed by atoms with E-state index in [4.69, 9.17) is 15.2 Å². The van der Waals surface area contributed by atoms with E-state index in [1.165, 1.54) is 5.56 Å². The summed E-state index contributed by atoms with van der Waals surface area (Å²) in [4.78, 5) is 0. The minimum absolute atomic E-state index is 0.213. The van der Waals surface area contributed by atoms with Crippen LogP contribution in [0.25, 0.3) is 0 Å². The van der Waals surface area contributed by atoms with Crippen LogP contribution in [-0.2, 0) is 4.74 Å². The fraction of sp³-hybridized carbons (Fsp3) is 0.478. The van der Waals surface area contributed by atoms with Crippen LogP contribution in [0, 0.1) is 5.41 Å². The van der Waals surface area contributed by atoms with Gasteiger partial charge in [-0.15, -0.1) is 0 Å². The highest BCUT2D eigenvalue weighted by molar-refractivity contribution is 5.32. The second-order valence-corrected chi connectivity index (χ2v) is 8.80. The van der Waals surface area contributed by atoms with Gasteiger partial charge in [0.25, 0.3) is 0 Å². The zero-order chi connectivity index (χ0) is 19.4. The lowest BCUT2D eigenvalue weighted by atomic mass is 9.73. The molecule has 0 saturated carbocycles. The Labute approximate surface area is 158 Å². The van der Waals surface area contributed by atoms with E-state index in [1.807, 2.05) is 42.5 Å². The van der Waals surface area contributed by atoms with Gasteiger partial charge >= 0.3 is 0 Å².